The zero-order chi connectivity index (χ0) is 14.5. The van der Waals surface area contributed by atoms with Gasteiger partial charge < -0.3 is 14.5 Å². The van der Waals surface area contributed by atoms with Crippen molar-refractivity contribution in [1.82, 2.24) is 5.32 Å². The Balaban J connectivity index is 1.96. The molecule has 1 amide bonds. The molecule has 1 aromatic heterocycles. The number of nitro benzene ring substituents is 1. The Kier molecular flexibility index (Phi) is 3.99. The van der Waals surface area contributed by atoms with Crippen LogP contribution in [-0.2, 0) is 6.61 Å². The molecule has 0 aliphatic heterocycles. The van der Waals surface area contributed by atoms with Gasteiger partial charge >= 0.3 is 0 Å². The SMILES string of the molecule is CNC(=O)c1ccc(COc2ccc([N+](=O)[O-])cc2)o1. The first-order valence-corrected chi connectivity index (χ1v) is 5.78. The van der Waals surface area contributed by atoms with Gasteiger partial charge in [-0.25, -0.2) is 0 Å². The van der Waals surface area contributed by atoms with E-state index in [4.69, 9.17) is 9.15 Å². The van der Waals surface area contributed by atoms with Crippen LogP contribution < -0.4 is 10.1 Å². The van der Waals surface area contributed by atoms with E-state index in [1.54, 1.807) is 12.1 Å². The summed E-state index contributed by atoms with van der Waals surface area (Å²) in [5.74, 6) is 0.858. The maximum absolute atomic E-state index is 11.3. The third kappa shape index (κ3) is 3.14. The van der Waals surface area contributed by atoms with Crippen molar-refractivity contribution in [3.8, 4) is 5.75 Å². The number of furan rings is 1. The number of nitrogens with zero attached hydrogens (tertiary/aromatic N) is 1. The van der Waals surface area contributed by atoms with Gasteiger partial charge in [0.2, 0.25) is 0 Å². The van der Waals surface area contributed by atoms with E-state index in [-0.39, 0.29) is 24.0 Å². The van der Waals surface area contributed by atoms with Crippen molar-refractivity contribution in [3.63, 3.8) is 0 Å². The maximum Gasteiger partial charge on any atom is 0.286 e. The van der Waals surface area contributed by atoms with E-state index in [0.717, 1.165) is 0 Å². The van der Waals surface area contributed by atoms with Crippen molar-refractivity contribution in [2.24, 2.45) is 0 Å². The number of amides is 1. The lowest BCUT2D eigenvalue weighted by Crippen LogP contribution is -2.16. The summed E-state index contributed by atoms with van der Waals surface area (Å²) in [6, 6.07) is 8.89. The molecule has 0 unspecified atom stereocenters. The Bertz CT molecular complexity index is 618. The second-order valence-electron chi connectivity index (χ2n) is 3.88. The first kappa shape index (κ1) is 13.6. The van der Waals surface area contributed by atoms with Gasteiger partial charge in [-0.3, -0.25) is 14.9 Å². The second kappa shape index (κ2) is 5.87. The van der Waals surface area contributed by atoms with Crippen LogP contribution in [0.1, 0.15) is 16.3 Å². The van der Waals surface area contributed by atoms with Gasteiger partial charge in [0.15, 0.2) is 5.76 Å². The van der Waals surface area contributed by atoms with Crippen LogP contribution in [0.2, 0.25) is 0 Å². The van der Waals surface area contributed by atoms with Gasteiger partial charge in [-0.05, 0) is 24.3 Å². The number of nitrogens with one attached hydrogen (secondary N) is 1. The van der Waals surface area contributed by atoms with Gasteiger partial charge in [0.25, 0.3) is 11.6 Å². The van der Waals surface area contributed by atoms with Crippen LogP contribution in [0.15, 0.2) is 40.8 Å². The lowest BCUT2D eigenvalue weighted by molar-refractivity contribution is -0.384. The Morgan fingerprint density at radius 1 is 1.30 bits per heavy atom. The Morgan fingerprint density at radius 2 is 2.00 bits per heavy atom. The molecule has 1 N–H and O–H groups in total. The maximum atomic E-state index is 11.3. The quantitative estimate of drug-likeness (QED) is 0.666. The molecule has 0 saturated heterocycles. The molecule has 2 aromatic rings. The van der Waals surface area contributed by atoms with E-state index < -0.39 is 4.92 Å². The van der Waals surface area contributed by atoms with Crippen LogP contribution in [0.4, 0.5) is 5.69 Å². The second-order valence-corrected chi connectivity index (χ2v) is 3.88. The number of benzene rings is 1. The van der Waals surface area contributed by atoms with E-state index in [0.29, 0.717) is 11.5 Å². The van der Waals surface area contributed by atoms with Crippen LogP contribution in [0.3, 0.4) is 0 Å². The molecule has 0 aliphatic carbocycles. The average molecular weight is 276 g/mol. The molecule has 7 nitrogen and oxygen atoms in total. The van der Waals surface area contributed by atoms with Crippen LogP contribution >= 0.6 is 0 Å². The molecule has 0 atom stereocenters. The molecule has 20 heavy (non-hydrogen) atoms. The summed E-state index contributed by atoms with van der Waals surface area (Å²) in [6.45, 7) is 0.134. The minimum Gasteiger partial charge on any atom is -0.486 e. The van der Waals surface area contributed by atoms with Gasteiger partial charge in [-0.2, -0.15) is 0 Å². The highest BCUT2D eigenvalue weighted by atomic mass is 16.6. The van der Waals surface area contributed by atoms with Crippen molar-refractivity contribution in [2.45, 2.75) is 6.61 Å². The number of carbonyl (C=O) groups excluding carboxylic acids is 1. The van der Waals surface area contributed by atoms with Crippen molar-refractivity contribution in [2.75, 3.05) is 7.05 Å². The molecule has 104 valence electrons. The summed E-state index contributed by atoms with van der Waals surface area (Å²) >= 11 is 0. The Morgan fingerprint density at radius 3 is 2.60 bits per heavy atom. The molecular weight excluding hydrogens is 264 g/mol. The number of hydrogen-bond donors (Lipinski definition) is 1. The number of non-ortho nitro benzene ring substituents is 1. The highest BCUT2D eigenvalue weighted by Gasteiger charge is 2.10. The molecule has 2 rings (SSSR count). The first-order chi connectivity index (χ1) is 9.60. The molecule has 7 heteroatoms. The summed E-state index contributed by atoms with van der Waals surface area (Å²) < 4.78 is 10.7. The smallest absolute Gasteiger partial charge is 0.286 e. The standard InChI is InChI=1S/C13H12N2O5/c1-14-13(16)12-7-6-11(20-12)8-19-10-4-2-9(3-5-10)15(17)18/h2-7H,8H2,1H3,(H,14,16). The third-order valence-corrected chi connectivity index (χ3v) is 2.54. The number of hydrogen-bond acceptors (Lipinski definition) is 5. The van der Waals surface area contributed by atoms with Gasteiger partial charge in [0.1, 0.15) is 18.1 Å². The van der Waals surface area contributed by atoms with Crippen molar-refractivity contribution < 1.29 is 18.9 Å². The topological polar surface area (TPSA) is 94.6 Å². The van der Waals surface area contributed by atoms with Gasteiger partial charge in [-0.15, -0.1) is 0 Å². The molecule has 0 radical (unpaired) electrons. The molecule has 0 aliphatic rings. The molecule has 0 bridgehead atoms. The van der Waals surface area contributed by atoms with Crippen LogP contribution in [0, 0.1) is 10.1 Å². The third-order valence-electron chi connectivity index (χ3n) is 2.54. The Labute approximate surface area is 114 Å². The predicted molar refractivity (Wildman–Crippen MR) is 69.5 cm³/mol. The Hall–Kier alpha value is -2.83. The van der Waals surface area contributed by atoms with E-state index in [1.807, 2.05) is 0 Å². The summed E-state index contributed by atoms with van der Waals surface area (Å²) in [7, 11) is 1.51. The normalized spacial score (nSPS) is 10.1. The fourth-order valence-electron chi connectivity index (χ4n) is 1.52. The summed E-state index contributed by atoms with van der Waals surface area (Å²) in [5.41, 5.74) is -0.00254. The lowest BCUT2D eigenvalue weighted by atomic mass is 10.3. The largest absolute Gasteiger partial charge is 0.486 e. The van der Waals surface area contributed by atoms with Crippen LogP contribution in [-0.4, -0.2) is 17.9 Å². The zero-order valence-corrected chi connectivity index (χ0v) is 10.7. The minimum absolute atomic E-state index is 0.00254. The van der Waals surface area contributed by atoms with Gasteiger partial charge in [-0.1, -0.05) is 0 Å². The zero-order valence-electron chi connectivity index (χ0n) is 10.7. The van der Waals surface area contributed by atoms with Crippen LogP contribution in [0.25, 0.3) is 0 Å². The van der Waals surface area contributed by atoms with Crippen molar-refractivity contribution >= 4 is 11.6 Å². The summed E-state index contributed by atoms with van der Waals surface area (Å²) in [5, 5.41) is 12.9. The minimum atomic E-state index is -0.480. The van der Waals surface area contributed by atoms with Gasteiger partial charge in [0.05, 0.1) is 4.92 Å². The summed E-state index contributed by atoms with van der Waals surface area (Å²) in [6.07, 6.45) is 0. The summed E-state index contributed by atoms with van der Waals surface area (Å²) in [4.78, 5) is 21.3. The number of ether oxygens (including phenoxy) is 1. The van der Waals surface area contributed by atoms with E-state index >= 15 is 0 Å². The van der Waals surface area contributed by atoms with E-state index in [1.165, 1.54) is 31.3 Å². The highest BCUT2D eigenvalue weighted by Crippen LogP contribution is 2.19. The molecule has 0 spiro atoms. The van der Waals surface area contributed by atoms with E-state index in [9.17, 15) is 14.9 Å². The van der Waals surface area contributed by atoms with E-state index in [2.05, 4.69) is 5.32 Å². The average Bonchev–Trinajstić information content (AvgIpc) is 2.93. The monoisotopic (exact) mass is 276 g/mol. The lowest BCUT2D eigenvalue weighted by Gasteiger charge is -2.03. The van der Waals surface area contributed by atoms with Crippen LogP contribution in [0.5, 0.6) is 5.75 Å². The number of carbonyl (C=O) groups is 1. The fraction of sp³-hybridized carbons (Fsp3) is 0.154. The van der Waals surface area contributed by atoms with Gasteiger partial charge in [0, 0.05) is 19.2 Å². The molecule has 1 heterocycles. The number of rotatable bonds is 5. The molecular formula is C13H12N2O5. The molecule has 0 fully saturated rings. The molecule has 0 saturated carbocycles. The molecule has 1 aromatic carbocycles. The highest BCUT2D eigenvalue weighted by molar-refractivity contribution is 5.91. The predicted octanol–water partition coefficient (Wildman–Crippen LogP) is 2.13. The van der Waals surface area contributed by atoms with Crippen molar-refractivity contribution in [1.29, 1.82) is 0 Å². The van der Waals surface area contributed by atoms with Crippen molar-refractivity contribution in [3.05, 3.63) is 58.0 Å². The fourth-order valence-corrected chi connectivity index (χ4v) is 1.52. The first-order valence-electron chi connectivity index (χ1n) is 5.78. The number of nitro groups is 1.